The van der Waals surface area contributed by atoms with Gasteiger partial charge in [-0.2, -0.15) is 0 Å². The molecule has 2 heterocycles. The number of likely N-dealkylation sites (tertiary alicyclic amines) is 1. The van der Waals surface area contributed by atoms with Gasteiger partial charge in [0.15, 0.2) is 0 Å². The summed E-state index contributed by atoms with van der Waals surface area (Å²) in [4.78, 5) is 5.89. The van der Waals surface area contributed by atoms with E-state index in [9.17, 15) is 0 Å². The number of hydrogen-bond acceptors (Lipinski definition) is 1. The quantitative estimate of drug-likeness (QED) is 0.848. The number of aromatic nitrogens is 1. The first-order valence-corrected chi connectivity index (χ1v) is 6.69. The summed E-state index contributed by atoms with van der Waals surface area (Å²) < 4.78 is 0. The molecule has 1 aromatic carbocycles. The second kappa shape index (κ2) is 4.53. The van der Waals surface area contributed by atoms with E-state index in [2.05, 4.69) is 41.1 Å². The first kappa shape index (κ1) is 10.8. The SMILES string of the molecule is CCCN1CCC[C@@H]1c1ccc2[nH]ccc2c1. The molecule has 0 amide bonds. The van der Waals surface area contributed by atoms with Gasteiger partial charge in [-0.3, -0.25) is 4.90 Å². The van der Waals surface area contributed by atoms with Crippen LogP contribution in [0.25, 0.3) is 10.9 Å². The van der Waals surface area contributed by atoms with Crippen molar-refractivity contribution in [3.8, 4) is 0 Å². The average molecular weight is 228 g/mol. The molecule has 90 valence electrons. The Hall–Kier alpha value is -1.28. The van der Waals surface area contributed by atoms with E-state index >= 15 is 0 Å². The third-order valence-corrected chi connectivity index (χ3v) is 3.84. The van der Waals surface area contributed by atoms with Crippen molar-refractivity contribution < 1.29 is 0 Å². The minimum atomic E-state index is 0.647. The molecule has 1 aliphatic heterocycles. The van der Waals surface area contributed by atoms with Crippen LogP contribution in [0.5, 0.6) is 0 Å². The van der Waals surface area contributed by atoms with Crippen molar-refractivity contribution in [2.75, 3.05) is 13.1 Å². The number of H-pyrrole nitrogens is 1. The van der Waals surface area contributed by atoms with Crippen molar-refractivity contribution >= 4 is 10.9 Å². The van der Waals surface area contributed by atoms with Crippen LogP contribution in [0.4, 0.5) is 0 Å². The molecule has 1 fully saturated rings. The normalized spacial score (nSPS) is 21.4. The van der Waals surface area contributed by atoms with Gasteiger partial charge in [-0.15, -0.1) is 0 Å². The topological polar surface area (TPSA) is 19.0 Å². The molecule has 1 atom stereocenters. The molecular formula is C15H20N2. The Balaban J connectivity index is 1.91. The number of rotatable bonds is 3. The van der Waals surface area contributed by atoms with Crippen LogP contribution < -0.4 is 0 Å². The highest BCUT2D eigenvalue weighted by molar-refractivity contribution is 5.80. The number of aromatic amines is 1. The molecule has 0 unspecified atom stereocenters. The molecule has 2 aromatic rings. The van der Waals surface area contributed by atoms with Crippen molar-refractivity contribution in [1.82, 2.24) is 9.88 Å². The maximum absolute atomic E-state index is 3.26. The number of benzene rings is 1. The first-order chi connectivity index (χ1) is 8.38. The summed E-state index contributed by atoms with van der Waals surface area (Å²) in [6.45, 7) is 4.77. The Morgan fingerprint density at radius 1 is 1.35 bits per heavy atom. The minimum Gasteiger partial charge on any atom is -0.361 e. The Labute approximate surface area is 103 Å². The van der Waals surface area contributed by atoms with Crippen molar-refractivity contribution in [3.05, 3.63) is 36.0 Å². The highest BCUT2D eigenvalue weighted by Crippen LogP contribution is 2.33. The molecule has 0 radical (unpaired) electrons. The van der Waals surface area contributed by atoms with Crippen LogP contribution in [0, 0.1) is 0 Å². The number of hydrogen-bond donors (Lipinski definition) is 1. The lowest BCUT2D eigenvalue weighted by molar-refractivity contribution is 0.258. The predicted octanol–water partition coefficient (Wildman–Crippen LogP) is 3.71. The van der Waals surface area contributed by atoms with Crippen molar-refractivity contribution in [1.29, 1.82) is 0 Å². The number of fused-ring (bicyclic) bond motifs is 1. The highest BCUT2D eigenvalue weighted by Gasteiger charge is 2.24. The average Bonchev–Trinajstić information content (AvgIpc) is 2.96. The second-order valence-electron chi connectivity index (χ2n) is 5.02. The summed E-state index contributed by atoms with van der Waals surface area (Å²) in [6, 6.07) is 9.67. The summed E-state index contributed by atoms with van der Waals surface area (Å²) in [5.74, 6) is 0. The summed E-state index contributed by atoms with van der Waals surface area (Å²) in [6.07, 6.45) is 5.93. The smallest absolute Gasteiger partial charge is 0.0454 e. The zero-order chi connectivity index (χ0) is 11.7. The van der Waals surface area contributed by atoms with Gasteiger partial charge in [0.1, 0.15) is 0 Å². The molecule has 0 aliphatic carbocycles. The highest BCUT2D eigenvalue weighted by atomic mass is 15.2. The molecule has 17 heavy (non-hydrogen) atoms. The Morgan fingerprint density at radius 3 is 3.18 bits per heavy atom. The van der Waals surface area contributed by atoms with Crippen molar-refractivity contribution in [2.24, 2.45) is 0 Å². The third-order valence-electron chi connectivity index (χ3n) is 3.84. The predicted molar refractivity (Wildman–Crippen MR) is 72.1 cm³/mol. The second-order valence-corrected chi connectivity index (χ2v) is 5.02. The van der Waals surface area contributed by atoms with E-state index in [-0.39, 0.29) is 0 Å². The fraction of sp³-hybridized carbons (Fsp3) is 0.467. The van der Waals surface area contributed by atoms with Crippen LogP contribution in [0.1, 0.15) is 37.8 Å². The maximum Gasteiger partial charge on any atom is 0.0454 e. The van der Waals surface area contributed by atoms with Gasteiger partial charge in [-0.1, -0.05) is 13.0 Å². The fourth-order valence-corrected chi connectivity index (χ4v) is 3.04. The molecule has 0 bridgehead atoms. The van der Waals surface area contributed by atoms with E-state index in [1.807, 2.05) is 6.20 Å². The molecule has 2 nitrogen and oxygen atoms in total. The summed E-state index contributed by atoms with van der Waals surface area (Å²) in [5.41, 5.74) is 2.73. The van der Waals surface area contributed by atoms with E-state index in [4.69, 9.17) is 0 Å². The molecule has 1 N–H and O–H groups in total. The van der Waals surface area contributed by atoms with Crippen molar-refractivity contribution in [3.63, 3.8) is 0 Å². The summed E-state index contributed by atoms with van der Waals surface area (Å²) >= 11 is 0. The Morgan fingerprint density at radius 2 is 2.29 bits per heavy atom. The van der Waals surface area contributed by atoms with Gasteiger partial charge < -0.3 is 4.98 Å². The molecular weight excluding hydrogens is 208 g/mol. The van der Waals surface area contributed by atoms with Crippen LogP contribution in [-0.2, 0) is 0 Å². The lowest BCUT2D eigenvalue weighted by Crippen LogP contribution is -2.23. The molecule has 1 saturated heterocycles. The van der Waals surface area contributed by atoms with E-state index in [0.717, 1.165) is 0 Å². The van der Waals surface area contributed by atoms with Crippen molar-refractivity contribution in [2.45, 2.75) is 32.2 Å². The summed E-state index contributed by atoms with van der Waals surface area (Å²) in [7, 11) is 0. The van der Waals surface area contributed by atoms with E-state index in [0.29, 0.717) is 6.04 Å². The minimum absolute atomic E-state index is 0.647. The number of nitrogens with one attached hydrogen (secondary N) is 1. The third kappa shape index (κ3) is 1.98. The lowest BCUT2D eigenvalue weighted by atomic mass is 10.0. The zero-order valence-electron chi connectivity index (χ0n) is 10.4. The summed E-state index contributed by atoms with van der Waals surface area (Å²) in [5, 5.41) is 1.34. The van der Waals surface area contributed by atoms with Crippen LogP contribution in [0.3, 0.4) is 0 Å². The zero-order valence-corrected chi connectivity index (χ0v) is 10.4. The Bertz CT molecular complexity index is 500. The van der Waals surface area contributed by atoms with E-state index in [1.165, 1.54) is 48.8 Å². The monoisotopic (exact) mass is 228 g/mol. The van der Waals surface area contributed by atoms with Crippen LogP contribution in [0.2, 0.25) is 0 Å². The largest absolute Gasteiger partial charge is 0.361 e. The molecule has 1 aromatic heterocycles. The van der Waals surface area contributed by atoms with Gasteiger partial charge in [0.05, 0.1) is 0 Å². The van der Waals surface area contributed by atoms with E-state index in [1.54, 1.807) is 0 Å². The first-order valence-electron chi connectivity index (χ1n) is 6.69. The molecule has 0 saturated carbocycles. The maximum atomic E-state index is 3.26. The van der Waals surface area contributed by atoms with Crippen LogP contribution in [-0.4, -0.2) is 23.0 Å². The van der Waals surface area contributed by atoms with Gasteiger partial charge in [0, 0.05) is 17.8 Å². The van der Waals surface area contributed by atoms with E-state index < -0.39 is 0 Å². The van der Waals surface area contributed by atoms with Gasteiger partial charge >= 0.3 is 0 Å². The van der Waals surface area contributed by atoms with Crippen LogP contribution >= 0.6 is 0 Å². The van der Waals surface area contributed by atoms with Gasteiger partial charge in [0.25, 0.3) is 0 Å². The van der Waals surface area contributed by atoms with Gasteiger partial charge in [0.2, 0.25) is 0 Å². The fourth-order valence-electron chi connectivity index (χ4n) is 3.04. The molecule has 1 aliphatic rings. The molecule has 3 rings (SSSR count). The molecule has 2 heteroatoms. The Kier molecular flexibility index (Phi) is 2.89. The molecule has 0 spiro atoms. The standard InChI is InChI=1S/C15H20N2/c1-2-9-17-10-3-4-15(17)13-5-6-14-12(11-13)7-8-16-14/h5-8,11,15-16H,2-4,9-10H2,1H3/t15-/m1/s1. The van der Waals surface area contributed by atoms with Gasteiger partial charge in [-0.05, 0) is 61.5 Å². The lowest BCUT2D eigenvalue weighted by Gasteiger charge is -2.24. The number of nitrogens with zero attached hydrogens (tertiary/aromatic N) is 1. The van der Waals surface area contributed by atoms with Crippen LogP contribution in [0.15, 0.2) is 30.5 Å². The van der Waals surface area contributed by atoms with Gasteiger partial charge in [-0.25, -0.2) is 0 Å².